The first-order chi connectivity index (χ1) is 11.8. The van der Waals surface area contributed by atoms with Crippen molar-refractivity contribution in [2.45, 2.75) is 6.92 Å². The Bertz CT molecular complexity index is 865. The molecule has 3 aromatic rings. The summed E-state index contributed by atoms with van der Waals surface area (Å²) >= 11 is 0. The highest BCUT2D eigenvalue weighted by Gasteiger charge is 2.01. The van der Waals surface area contributed by atoms with Gasteiger partial charge in [0.15, 0.2) is 0 Å². The molecular weight excluding hydrogens is 300 g/mol. The first-order valence-electron chi connectivity index (χ1n) is 7.82. The first kappa shape index (κ1) is 15.7. The van der Waals surface area contributed by atoms with Crippen LogP contribution >= 0.6 is 0 Å². The lowest BCUT2D eigenvalue weighted by Gasteiger charge is -2.05. The van der Waals surface area contributed by atoms with Gasteiger partial charge in [0.05, 0.1) is 12.1 Å². The predicted molar refractivity (Wildman–Crippen MR) is 97.8 cm³/mol. The number of para-hydroxylation sites is 1. The van der Waals surface area contributed by atoms with Gasteiger partial charge < -0.3 is 4.74 Å². The lowest BCUT2D eigenvalue weighted by molar-refractivity contribution is 0.168. The second-order valence-electron chi connectivity index (χ2n) is 5.22. The zero-order valence-electron chi connectivity index (χ0n) is 13.4. The summed E-state index contributed by atoms with van der Waals surface area (Å²) in [6, 6.07) is 17.6. The van der Waals surface area contributed by atoms with Crippen LogP contribution in [0.15, 0.2) is 60.8 Å². The van der Waals surface area contributed by atoms with Crippen molar-refractivity contribution in [3.63, 3.8) is 0 Å². The SMILES string of the molecule is CCOC(=O)Nc1ccc(/C=C\c2ccnc3ccccc23)cc1. The van der Waals surface area contributed by atoms with E-state index in [1.807, 2.05) is 60.8 Å². The van der Waals surface area contributed by atoms with Gasteiger partial charge in [-0.05, 0) is 42.3 Å². The van der Waals surface area contributed by atoms with Crippen molar-refractivity contribution in [1.29, 1.82) is 0 Å². The lowest BCUT2D eigenvalue weighted by Crippen LogP contribution is -2.12. The van der Waals surface area contributed by atoms with E-state index in [1.165, 1.54) is 0 Å². The Kier molecular flexibility index (Phi) is 4.87. The quantitative estimate of drug-likeness (QED) is 0.738. The summed E-state index contributed by atoms with van der Waals surface area (Å²) in [4.78, 5) is 15.7. The number of anilines is 1. The Morgan fingerprint density at radius 3 is 2.67 bits per heavy atom. The highest BCUT2D eigenvalue weighted by atomic mass is 16.5. The molecule has 4 heteroatoms. The van der Waals surface area contributed by atoms with Gasteiger partial charge in [-0.3, -0.25) is 10.3 Å². The van der Waals surface area contributed by atoms with Gasteiger partial charge in [0.1, 0.15) is 0 Å². The van der Waals surface area contributed by atoms with E-state index in [2.05, 4.69) is 22.4 Å². The maximum atomic E-state index is 11.4. The van der Waals surface area contributed by atoms with E-state index >= 15 is 0 Å². The van der Waals surface area contributed by atoms with Gasteiger partial charge >= 0.3 is 6.09 Å². The van der Waals surface area contributed by atoms with Crippen LogP contribution in [0.4, 0.5) is 10.5 Å². The van der Waals surface area contributed by atoms with Gasteiger partial charge in [-0.1, -0.05) is 42.5 Å². The molecule has 0 unspecified atom stereocenters. The number of nitrogens with one attached hydrogen (secondary N) is 1. The molecule has 0 spiro atoms. The van der Waals surface area contributed by atoms with Crippen molar-refractivity contribution in [1.82, 2.24) is 4.98 Å². The van der Waals surface area contributed by atoms with Crippen molar-refractivity contribution in [2.24, 2.45) is 0 Å². The summed E-state index contributed by atoms with van der Waals surface area (Å²) in [6.45, 7) is 2.13. The zero-order chi connectivity index (χ0) is 16.8. The molecule has 0 saturated heterocycles. The van der Waals surface area contributed by atoms with Crippen molar-refractivity contribution >= 4 is 34.8 Å². The van der Waals surface area contributed by atoms with E-state index in [0.717, 1.165) is 22.0 Å². The minimum atomic E-state index is -0.441. The Balaban J connectivity index is 1.75. The summed E-state index contributed by atoms with van der Waals surface area (Å²) in [6.07, 6.45) is 5.48. The number of nitrogens with zero attached hydrogens (tertiary/aromatic N) is 1. The lowest BCUT2D eigenvalue weighted by atomic mass is 10.1. The van der Waals surface area contributed by atoms with Crippen LogP contribution in [-0.4, -0.2) is 17.7 Å². The van der Waals surface area contributed by atoms with Gasteiger partial charge in [-0.2, -0.15) is 0 Å². The maximum absolute atomic E-state index is 11.4. The number of pyridine rings is 1. The number of aromatic nitrogens is 1. The average molecular weight is 318 g/mol. The van der Waals surface area contributed by atoms with Crippen LogP contribution in [0.5, 0.6) is 0 Å². The molecule has 4 nitrogen and oxygen atoms in total. The molecule has 0 aliphatic carbocycles. The van der Waals surface area contributed by atoms with E-state index in [-0.39, 0.29) is 0 Å². The molecule has 1 N–H and O–H groups in total. The standard InChI is InChI=1S/C20H18N2O2/c1-2-24-20(23)22-17-11-8-15(9-12-17)7-10-16-13-14-21-19-6-4-3-5-18(16)19/h3-14H,2H2,1H3,(H,22,23)/b10-7-. The number of carbonyl (C=O) groups is 1. The average Bonchev–Trinajstić information content (AvgIpc) is 2.61. The normalized spacial score (nSPS) is 10.9. The number of benzene rings is 2. The minimum absolute atomic E-state index is 0.354. The summed E-state index contributed by atoms with van der Waals surface area (Å²) in [5.41, 5.74) is 3.85. The van der Waals surface area contributed by atoms with Crippen LogP contribution in [0.1, 0.15) is 18.1 Å². The highest BCUT2D eigenvalue weighted by Crippen LogP contribution is 2.19. The second-order valence-corrected chi connectivity index (χ2v) is 5.22. The largest absolute Gasteiger partial charge is 0.450 e. The summed E-state index contributed by atoms with van der Waals surface area (Å²) in [5.74, 6) is 0. The molecule has 2 aromatic carbocycles. The van der Waals surface area contributed by atoms with Gasteiger partial charge in [0.2, 0.25) is 0 Å². The fraction of sp³-hybridized carbons (Fsp3) is 0.100. The molecule has 0 radical (unpaired) electrons. The van der Waals surface area contributed by atoms with Crippen molar-refractivity contribution in [2.75, 3.05) is 11.9 Å². The maximum Gasteiger partial charge on any atom is 0.411 e. The molecule has 0 saturated carbocycles. The number of hydrogen-bond donors (Lipinski definition) is 1. The van der Waals surface area contributed by atoms with Crippen molar-refractivity contribution < 1.29 is 9.53 Å². The van der Waals surface area contributed by atoms with Gasteiger partial charge in [0.25, 0.3) is 0 Å². The van der Waals surface area contributed by atoms with Crippen molar-refractivity contribution in [3.05, 3.63) is 71.9 Å². The second kappa shape index (κ2) is 7.42. The first-order valence-corrected chi connectivity index (χ1v) is 7.82. The van der Waals surface area contributed by atoms with Crippen LogP contribution in [0, 0.1) is 0 Å². The number of hydrogen-bond acceptors (Lipinski definition) is 3. The predicted octanol–water partition coefficient (Wildman–Crippen LogP) is 4.97. The van der Waals surface area contributed by atoms with Crippen LogP contribution < -0.4 is 5.32 Å². The fourth-order valence-electron chi connectivity index (χ4n) is 2.41. The van der Waals surface area contributed by atoms with E-state index in [0.29, 0.717) is 12.3 Å². The molecule has 120 valence electrons. The third-order valence-corrected chi connectivity index (χ3v) is 3.57. The molecule has 3 rings (SSSR count). The smallest absolute Gasteiger partial charge is 0.411 e. The molecule has 0 bridgehead atoms. The molecule has 0 aliphatic heterocycles. The number of carbonyl (C=O) groups excluding carboxylic acids is 1. The Labute approximate surface area is 140 Å². The number of amides is 1. The van der Waals surface area contributed by atoms with Crippen LogP contribution in [0.3, 0.4) is 0 Å². The van der Waals surface area contributed by atoms with E-state index < -0.39 is 6.09 Å². The molecule has 0 atom stereocenters. The monoisotopic (exact) mass is 318 g/mol. The number of rotatable bonds is 4. The molecule has 0 aliphatic rings. The fourth-order valence-corrected chi connectivity index (χ4v) is 2.41. The van der Waals surface area contributed by atoms with E-state index in [4.69, 9.17) is 4.74 Å². The summed E-state index contributed by atoms with van der Waals surface area (Å²) in [5, 5.41) is 3.80. The Morgan fingerprint density at radius 1 is 1.08 bits per heavy atom. The van der Waals surface area contributed by atoms with Gasteiger partial charge in [-0.25, -0.2) is 4.79 Å². The highest BCUT2D eigenvalue weighted by molar-refractivity contribution is 5.90. The van der Waals surface area contributed by atoms with Crippen LogP contribution in [0.25, 0.3) is 23.1 Å². The number of fused-ring (bicyclic) bond motifs is 1. The molecule has 1 heterocycles. The van der Waals surface area contributed by atoms with Gasteiger partial charge in [0, 0.05) is 17.3 Å². The molecule has 1 aromatic heterocycles. The Morgan fingerprint density at radius 2 is 1.88 bits per heavy atom. The third-order valence-electron chi connectivity index (χ3n) is 3.57. The third kappa shape index (κ3) is 3.79. The number of ether oxygens (including phenoxy) is 1. The summed E-state index contributed by atoms with van der Waals surface area (Å²) < 4.78 is 4.85. The van der Waals surface area contributed by atoms with E-state index in [1.54, 1.807) is 6.92 Å². The van der Waals surface area contributed by atoms with Crippen LogP contribution in [0.2, 0.25) is 0 Å². The molecule has 24 heavy (non-hydrogen) atoms. The summed E-state index contributed by atoms with van der Waals surface area (Å²) in [7, 11) is 0. The zero-order valence-corrected chi connectivity index (χ0v) is 13.4. The van der Waals surface area contributed by atoms with Crippen molar-refractivity contribution in [3.8, 4) is 0 Å². The minimum Gasteiger partial charge on any atom is -0.450 e. The molecular formula is C20H18N2O2. The molecule has 0 fully saturated rings. The van der Waals surface area contributed by atoms with Gasteiger partial charge in [-0.15, -0.1) is 0 Å². The molecule has 1 amide bonds. The van der Waals surface area contributed by atoms with Crippen LogP contribution in [-0.2, 0) is 4.74 Å². The Hall–Kier alpha value is -3.14. The topological polar surface area (TPSA) is 51.2 Å². The van der Waals surface area contributed by atoms with E-state index in [9.17, 15) is 4.79 Å².